The van der Waals surface area contributed by atoms with Gasteiger partial charge in [0.25, 0.3) is 0 Å². The highest BCUT2D eigenvalue weighted by atomic mass is 15.3. The predicted octanol–water partition coefficient (Wildman–Crippen LogP) is 3.44. The Morgan fingerprint density at radius 2 is 1.80 bits per heavy atom. The molecular weight excluding hydrogens is 248 g/mol. The molecule has 0 atom stereocenters. The van der Waals surface area contributed by atoms with Crippen molar-refractivity contribution in [2.45, 2.75) is 33.2 Å². The molecule has 1 aromatic heterocycles. The second-order valence-corrected chi connectivity index (χ2v) is 4.86. The van der Waals surface area contributed by atoms with Crippen molar-refractivity contribution in [3.8, 4) is 23.4 Å². The van der Waals surface area contributed by atoms with Crippen LogP contribution in [0, 0.1) is 22.7 Å². The van der Waals surface area contributed by atoms with Gasteiger partial charge in [0.05, 0.1) is 17.3 Å². The van der Waals surface area contributed by atoms with Crippen LogP contribution < -0.4 is 0 Å². The van der Waals surface area contributed by atoms with E-state index in [1.165, 1.54) is 0 Å². The summed E-state index contributed by atoms with van der Waals surface area (Å²) < 4.78 is 1.91. The second kappa shape index (κ2) is 5.59. The Kier molecular flexibility index (Phi) is 3.86. The van der Waals surface area contributed by atoms with E-state index in [1.54, 1.807) is 12.1 Å². The van der Waals surface area contributed by atoms with Crippen molar-refractivity contribution in [2.24, 2.45) is 0 Å². The summed E-state index contributed by atoms with van der Waals surface area (Å²) in [7, 11) is 0. The van der Waals surface area contributed by atoms with Crippen LogP contribution in [0.15, 0.2) is 24.3 Å². The van der Waals surface area contributed by atoms with Crippen molar-refractivity contribution in [3.63, 3.8) is 0 Å². The highest BCUT2D eigenvalue weighted by Crippen LogP contribution is 2.27. The lowest BCUT2D eigenvalue weighted by atomic mass is 10.0. The number of nitriles is 2. The van der Waals surface area contributed by atoms with E-state index in [0.29, 0.717) is 16.8 Å². The van der Waals surface area contributed by atoms with Crippen LogP contribution >= 0.6 is 0 Å². The zero-order valence-electron chi connectivity index (χ0n) is 11.9. The van der Waals surface area contributed by atoms with Gasteiger partial charge in [-0.3, -0.25) is 4.68 Å². The zero-order valence-corrected chi connectivity index (χ0v) is 11.9. The van der Waals surface area contributed by atoms with Gasteiger partial charge in [0, 0.05) is 11.6 Å². The number of hydrogen-bond acceptors (Lipinski definition) is 3. The highest BCUT2D eigenvalue weighted by molar-refractivity contribution is 5.68. The van der Waals surface area contributed by atoms with E-state index in [1.807, 2.05) is 23.7 Å². The Morgan fingerprint density at radius 1 is 1.15 bits per heavy atom. The van der Waals surface area contributed by atoms with E-state index < -0.39 is 0 Å². The average molecular weight is 264 g/mol. The van der Waals surface area contributed by atoms with Gasteiger partial charge in [-0.1, -0.05) is 19.1 Å². The zero-order chi connectivity index (χ0) is 14.7. The van der Waals surface area contributed by atoms with E-state index >= 15 is 0 Å². The molecule has 2 aromatic rings. The Labute approximate surface area is 118 Å². The molecule has 1 aromatic carbocycles. The van der Waals surface area contributed by atoms with E-state index in [9.17, 15) is 5.26 Å². The molecular formula is C16H16N4. The number of aromatic nitrogens is 2. The standard InChI is InChI=1S/C16H16N4/c1-4-15-14(10-18)16(19-20(15)11(2)3)13-7-5-12(9-17)6-8-13/h5-8,11H,4H2,1-3H3. The SMILES string of the molecule is CCc1c(C#N)c(-c2ccc(C#N)cc2)nn1C(C)C. The number of nitrogens with zero attached hydrogens (tertiary/aromatic N) is 4. The van der Waals surface area contributed by atoms with Crippen molar-refractivity contribution in [1.29, 1.82) is 10.5 Å². The number of benzene rings is 1. The number of rotatable bonds is 3. The molecule has 0 N–H and O–H groups in total. The minimum Gasteiger partial charge on any atom is -0.265 e. The van der Waals surface area contributed by atoms with Gasteiger partial charge < -0.3 is 0 Å². The first-order valence-corrected chi connectivity index (χ1v) is 6.64. The fraction of sp³-hybridized carbons (Fsp3) is 0.312. The fourth-order valence-corrected chi connectivity index (χ4v) is 2.26. The van der Waals surface area contributed by atoms with Gasteiger partial charge in [-0.25, -0.2) is 0 Å². The van der Waals surface area contributed by atoms with E-state index in [0.717, 1.165) is 17.7 Å². The summed E-state index contributed by atoms with van der Waals surface area (Å²) in [5, 5.41) is 22.9. The molecule has 100 valence electrons. The largest absolute Gasteiger partial charge is 0.265 e. The third kappa shape index (κ3) is 2.29. The van der Waals surface area contributed by atoms with Crippen LogP contribution in [0.1, 0.15) is 43.6 Å². The van der Waals surface area contributed by atoms with Gasteiger partial charge in [-0.15, -0.1) is 0 Å². The van der Waals surface area contributed by atoms with Gasteiger partial charge in [0.2, 0.25) is 0 Å². The average Bonchev–Trinajstić information content (AvgIpc) is 2.86. The normalized spacial score (nSPS) is 10.3. The van der Waals surface area contributed by atoms with Crippen molar-refractivity contribution < 1.29 is 0 Å². The summed E-state index contributed by atoms with van der Waals surface area (Å²) in [4.78, 5) is 0. The van der Waals surface area contributed by atoms with Crippen molar-refractivity contribution in [1.82, 2.24) is 9.78 Å². The lowest BCUT2D eigenvalue weighted by Gasteiger charge is -2.08. The molecule has 0 amide bonds. The molecule has 0 radical (unpaired) electrons. The van der Waals surface area contributed by atoms with Crippen LogP contribution in [-0.4, -0.2) is 9.78 Å². The second-order valence-electron chi connectivity index (χ2n) is 4.86. The topological polar surface area (TPSA) is 65.4 Å². The molecule has 0 aliphatic heterocycles. The fourth-order valence-electron chi connectivity index (χ4n) is 2.26. The summed E-state index contributed by atoms with van der Waals surface area (Å²) in [5.74, 6) is 0. The van der Waals surface area contributed by atoms with E-state index in [4.69, 9.17) is 5.26 Å². The third-order valence-electron chi connectivity index (χ3n) is 3.23. The first-order valence-electron chi connectivity index (χ1n) is 6.64. The van der Waals surface area contributed by atoms with Crippen LogP contribution in [0.3, 0.4) is 0 Å². The summed E-state index contributed by atoms with van der Waals surface area (Å²) in [6.07, 6.45) is 0.768. The van der Waals surface area contributed by atoms with Crippen LogP contribution in [0.2, 0.25) is 0 Å². The molecule has 0 unspecified atom stereocenters. The van der Waals surface area contributed by atoms with Gasteiger partial charge >= 0.3 is 0 Å². The lowest BCUT2D eigenvalue weighted by Crippen LogP contribution is -2.07. The molecule has 0 aliphatic carbocycles. The van der Waals surface area contributed by atoms with Gasteiger partial charge in [-0.2, -0.15) is 15.6 Å². The molecule has 0 saturated carbocycles. The Balaban J connectivity index is 2.62. The van der Waals surface area contributed by atoms with E-state index in [2.05, 4.69) is 31.1 Å². The molecule has 4 heteroatoms. The molecule has 0 spiro atoms. The summed E-state index contributed by atoms with van der Waals surface area (Å²) in [6, 6.07) is 11.7. The van der Waals surface area contributed by atoms with Crippen LogP contribution in [0.5, 0.6) is 0 Å². The van der Waals surface area contributed by atoms with Crippen molar-refractivity contribution >= 4 is 0 Å². The van der Waals surface area contributed by atoms with Crippen LogP contribution in [0.25, 0.3) is 11.3 Å². The maximum Gasteiger partial charge on any atom is 0.110 e. The molecule has 0 fully saturated rings. The lowest BCUT2D eigenvalue weighted by molar-refractivity contribution is 0.512. The minimum atomic E-state index is 0.212. The minimum absolute atomic E-state index is 0.212. The first-order chi connectivity index (χ1) is 9.62. The van der Waals surface area contributed by atoms with Gasteiger partial charge in [-0.05, 0) is 32.4 Å². The smallest absolute Gasteiger partial charge is 0.110 e. The highest BCUT2D eigenvalue weighted by Gasteiger charge is 2.19. The summed E-state index contributed by atoms with van der Waals surface area (Å²) in [6.45, 7) is 6.13. The molecule has 20 heavy (non-hydrogen) atoms. The Bertz CT molecular complexity index is 694. The quantitative estimate of drug-likeness (QED) is 0.853. The molecule has 2 rings (SSSR count). The maximum absolute atomic E-state index is 9.43. The molecule has 1 heterocycles. The Morgan fingerprint density at radius 3 is 2.25 bits per heavy atom. The summed E-state index contributed by atoms with van der Waals surface area (Å²) in [5.41, 5.74) is 3.76. The predicted molar refractivity (Wildman–Crippen MR) is 76.9 cm³/mol. The molecule has 0 saturated heterocycles. The van der Waals surface area contributed by atoms with Gasteiger partial charge in [0.15, 0.2) is 0 Å². The van der Waals surface area contributed by atoms with Crippen molar-refractivity contribution in [2.75, 3.05) is 0 Å². The molecule has 0 aliphatic rings. The number of hydrogen-bond donors (Lipinski definition) is 0. The monoisotopic (exact) mass is 264 g/mol. The Hall–Kier alpha value is -2.59. The van der Waals surface area contributed by atoms with Crippen LogP contribution in [-0.2, 0) is 6.42 Å². The van der Waals surface area contributed by atoms with Crippen molar-refractivity contribution in [3.05, 3.63) is 41.1 Å². The maximum atomic E-state index is 9.43. The summed E-state index contributed by atoms with van der Waals surface area (Å²) >= 11 is 0. The van der Waals surface area contributed by atoms with Gasteiger partial charge in [0.1, 0.15) is 17.3 Å². The third-order valence-corrected chi connectivity index (χ3v) is 3.23. The molecule has 0 bridgehead atoms. The first kappa shape index (κ1) is 13.8. The molecule has 4 nitrogen and oxygen atoms in total. The van der Waals surface area contributed by atoms with Crippen LogP contribution in [0.4, 0.5) is 0 Å². The van der Waals surface area contributed by atoms with E-state index in [-0.39, 0.29) is 6.04 Å².